The van der Waals surface area contributed by atoms with Crippen LogP contribution in [0.15, 0.2) is 40.1 Å². The minimum absolute atomic E-state index is 0.100. The number of rotatable bonds is 6. The summed E-state index contributed by atoms with van der Waals surface area (Å²) in [6, 6.07) is 3.48. The standard InChI is InChI=1S/C14H15N5O4/c20-4-3-19-13-11(7-17-19)14(22)18(9-16-13)8-12(21)15-6-10-2-1-5-23-10/h1-2,5,7,9,20H,3-4,6,8H2,(H,15,21). The highest BCUT2D eigenvalue weighted by atomic mass is 16.3. The van der Waals surface area contributed by atoms with Gasteiger partial charge < -0.3 is 14.8 Å². The monoisotopic (exact) mass is 317 g/mol. The second kappa shape index (κ2) is 6.44. The van der Waals surface area contributed by atoms with Gasteiger partial charge in [0.2, 0.25) is 5.91 Å². The molecule has 0 unspecified atom stereocenters. The van der Waals surface area contributed by atoms with E-state index in [0.29, 0.717) is 16.8 Å². The van der Waals surface area contributed by atoms with Crippen LogP contribution in [0.3, 0.4) is 0 Å². The third-order valence-electron chi connectivity index (χ3n) is 3.29. The number of amides is 1. The number of hydrogen-bond donors (Lipinski definition) is 2. The number of nitrogens with zero attached hydrogens (tertiary/aromatic N) is 4. The van der Waals surface area contributed by atoms with Gasteiger partial charge in [-0.2, -0.15) is 5.10 Å². The molecule has 3 aromatic heterocycles. The first-order valence-electron chi connectivity index (χ1n) is 7.00. The molecule has 3 rings (SSSR count). The number of nitrogens with one attached hydrogen (secondary N) is 1. The first-order chi connectivity index (χ1) is 11.2. The van der Waals surface area contributed by atoms with Gasteiger partial charge in [-0.1, -0.05) is 0 Å². The van der Waals surface area contributed by atoms with E-state index in [4.69, 9.17) is 9.52 Å². The summed E-state index contributed by atoms with van der Waals surface area (Å²) in [6.07, 6.45) is 4.21. The predicted molar refractivity (Wildman–Crippen MR) is 79.4 cm³/mol. The molecule has 0 bridgehead atoms. The zero-order valence-electron chi connectivity index (χ0n) is 12.2. The van der Waals surface area contributed by atoms with Gasteiger partial charge in [0.25, 0.3) is 5.56 Å². The Bertz CT molecular complexity index is 865. The average Bonchev–Trinajstić information content (AvgIpc) is 3.19. The van der Waals surface area contributed by atoms with Gasteiger partial charge in [-0.25, -0.2) is 9.67 Å². The number of aliphatic hydroxyl groups is 1. The number of aliphatic hydroxyl groups excluding tert-OH is 1. The molecule has 0 spiro atoms. The van der Waals surface area contributed by atoms with Gasteiger partial charge in [0.1, 0.15) is 24.0 Å². The van der Waals surface area contributed by atoms with Gasteiger partial charge in [0, 0.05) is 0 Å². The summed E-state index contributed by atoms with van der Waals surface area (Å²) in [5, 5.41) is 15.9. The lowest BCUT2D eigenvalue weighted by atomic mass is 10.4. The fourth-order valence-electron chi connectivity index (χ4n) is 2.18. The minimum Gasteiger partial charge on any atom is -0.467 e. The molecular weight excluding hydrogens is 302 g/mol. The third kappa shape index (κ3) is 3.14. The molecule has 9 nitrogen and oxygen atoms in total. The van der Waals surface area contributed by atoms with Crippen LogP contribution >= 0.6 is 0 Å². The highest BCUT2D eigenvalue weighted by Crippen LogP contribution is 2.05. The lowest BCUT2D eigenvalue weighted by Gasteiger charge is -2.06. The summed E-state index contributed by atoms with van der Waals surface area (Å²) >= 11 is 0. The Balaban J connectivity index is 1.74. The van der Waals surface area contributed by atoms with Crippen LogP contribution < -0.4 is 10.9 Å². The van der Waals surface area contributed by atoms with Crippen molar-refractivity contribution in [1.82, 2.24) is 24.6 Å². The number of hydrogen-bond acceptors (Lipinski definition) is 6. The molecule has 0 aliphatic carbocycles. The summed E-state index contributed by atoms with van der Waals surface area (Å²) in [4.78, 5) is 28.4. The first kappa shape index (κ1) is 15.0. The topological polar surface area (TPSA) is 115 Å². The second-order valence-corrected chi connectivity index (χ2v) is 4.86. The van der Waals surface area contributed by atoms with Crippen molar-refractivity contribution < 1.29 is 14.3 Å². The Morgan fingerprint density at radius 3 is 3.04 bits per heavy atom. The number of furan rings is 1. The van der Waals surface area contributed by atoms with Gasteiger partial charge in [0.05, 0.1) is 32.2 Å². The molecule has 0 radical (unpaired) electrons. The zero-order chi connectivity index (χ0) is 16.2. The fourth-order valence-corrected chi connectivity index (χ4v) is 2.18. The van der Waals surface area contributed by atoms with Crippen molar-refractivity contribution in [1.29, 1.82) is 0 Å². The van der Waals surface area contributed by atoms with E-state index >= 15 is 0 Å². The van der Waals surface area contributed by atoms with E-state index in [0.717, 1.165) is 0 Å². The van der Waals surface area contributed by atoms with E-state index in [2.05, 4.69) is 15.4 Å². The van der Waals surface area contributed by atoms with Crippen molar-refractivity contribution in [3.05, 3.63) is 47.0 Å². The molecule has 0 aliphatic heterocycles. The van der Waals surface area contributed by atoms with Crippen LogP contribution in [0.5, 0.6) is 0 Å². The van der Waals surface area contributed by atoms with Gasteiger partial charge >= 0.3 is 0 Å². The highest BCUT2D eigenvalue weighted by molar-refractivity contribution is 5.77. The third-order valence-corrected chi connectivity index (χ3v) is 3.29. The van der Waals surface area contributed by atoms with E-state index in [1.807, 2.05) is 0 Å². The molecule has 1 amide bonds. The summed E-state index contributed by atoms with van der Waals surface area (Å²) in [5.41, 5.74) is 0.0311. The van der Waals surface area contributed by atoms with Gasteiger partial charge in [0.15, 0.2) is 5.65 Å². The molecule has 0 aromatic carbocycles. The fraction of sp³-hybridized carbons (Fsp3) is 0.286. The molecule has 0 atom stereocenters. The molecule has 3 heterocycles. The van der Waals surface area contributed by atoms with Crippen molar-refractivity contribution in [2.75, 3.05) is 6.61 Å². The molecule has 9 heteroatoms. The van der Waals surface area contributed by atoms with E-state index in [1.165, 1.54) is 28.0 Å². The van der Waals surface area contributed by atoms with Crippen molar-refractivity contribution in [3.8, 4) is 0 Å². The maximum Gasteiger partial charge on any atom is 0.264 e. The SMILES string of the molecule is O=C(Cn1cnc2c(cnn2CCO)c1=O)NCc1ccco1. The summed E-state index contributed by atoms with van der Waals surface area (Å²) in [5.74, 6) is 0.303. The van der Waals surface area contributed by atoms with Gasteiger partial charge in [-0.05, 0) is 12.1 Å². The quantitative estimate of drug-likeness (QED) is 0.633. The van der Waals surface area contributed by atoms with Crippen LogP contribution in [0.4, 0.5) is 0 Å². The van der Waals surface area contributed by atoms with Gasteiger partial charge in [-0.3, -0.25) is 14.2 Å². The summed E-state index contributed by atoms with van der Waals surface area (Å²) in [7, 11) is 0. The largest absolute Gasteiger partial charge is 0.467 e. The van der Waals surface area contributed by atoms with E-state index in [1.54, 1.807) is 12.1 Å². The van der Waals surface area contributed by atoms with E-state index in [9.17, 15) is 9.59 Å². The minimum atomic E-state index is -0.354. The molecule has 0 aliphatic rings. The average molecular weight is 317 g/mol. The van der Waals surface area contributed by atoms with Gasteiger partial charge in [-0.15, -0.1) is 0 Å². The Morgan fingerprint density at radius 2 is 2.30 bits per heavy atom. The molecule has 0 saturated carbocycles. The van der Waals surface area contributed by atoms with Crippen LogP contribution in [-0.2, 0) is 24.4 Å². The normalized spacial score (nSPS) is 11.0. The van der Waals surface area contributed by atoms with Crippen LogP contribution in [0.25, 0.3) is 11.0 Å². The molecule has 23 heavy (non-hydrogen) atoms. The zero-order valence-corrected chi connectivity index (χ0v) is 12.2. The Kier molecular flexibility index (Phi) is 4.20. The van der Waals surface area contributed by atoms with Crippen molar-refractivity contribution in [2.45, 2.75) is 19.6 Å². The molecule has 0 saturated heterocycles. The lowest BCUT2D eigenvalue weighted by Crippen LogP contribution is -2.32. The van der Waals surface area contributed by atoms with Crippen molar-refractivity contribution >= 4 is 16.9 Å². The number of carbonyl (C=O) groups is 1. The highest BCUT2D eigenvalue weighted by Gasteiger charge is 2.12. The lowest BCUT2D eigenvalue weighted by molar-refractivity contribution is -0.122. The van der Waals surface area contributed by atoms with Crippen molar-refractivity contribution in [3.63, 3.8) is 0 Å². The molecule has 2 N–H and O–H groups in total. The van der Waals surface area contributed by atoms with E-state index in [-0.39, 0.29) is 37.7 Å². The first-order valence-corrected chi connectivity index (χ1v) is 7.00. The van der Waals surface area contributed by atoms with Crippen molar-refractivity contribution in [2.24, 2.45) is 0 Å². The Hall–Kier alpha value is -2.94. The Morgan fingerprint density at radius 1 is 1.43 bits per heavy atom. The van der Waals surface area contributed by atoms with Crippen LogP contribution in [0.2, 0.25) is 0 Å². The van der Waals surface area contributed by atoms with Crippen LogP contribution in [-0.4, -0.2) is 37.0 Å². The van der Waals surface area contributed by atoms with Crippen LogP contribution in [0.1, 0.15) is 5.76 Å². The smallest absolute Gasteiger partial charge is 0.264 e. The maximum atomic E-state index is 12.3. The number of carbonyl (C=O) groups excluding carboxylic acids is 1. The predicted octanol–water partition coefficient (Wildman–Crippen LogP) is -0.505. The summed E-state index contributed by atoms with van der Waals surface area (Å²) < 4.78 is 7.77. The van der Waals surface area contributed by atoms with Crippen LogP contribution in [0, 0.1) is 0 Å². The molecular formula is C14H15N5O4. The Labute approximate surface area is 130 Å². The summed E-state index contributed by atoms with van der Waals surface area (Å²) in [6.45, 7) is 0.263. The molecule has 0 fully saturated rings. The number of aromatic nitrogens is 4. The second-order valence-electron chi connectivity index (χ2n) is 4.86. The maximum absolute atomic E-state index is 12.3. The number of fused-ring (bicyclic) bond motifs is 1. The van der Waals surface area contributed by atoms with E-state index < -0.39 is 0 Å². The molecule has 3 aromatic rings. The molecule has 120 valence electrons.